The van der Waals surface area contributed by atoms with Crippen molar-refractivity contribution in [1.29, 1.82) is 0 Å². The fraction of sp³-hybridized carbons (Fsp3) is 0.700. The van der Waals surface area contributed by atoms with Crippen LogP contribution in [0.4, 0.5) is 0 Å². The molecule has 2 unspecified atom stereocenters. The van der Waals surface area contributed by atoms with Gasteiger partial charge in [-0.1, -0.05) is 13.8 Å². The topological polar surface area (TPSA) is 38.1 Å². The van der Waals surface area contributed by atoms with Gasteiger partial charge >= 0.3 is 0 Å². The molecule has 1 N–H and O–H groups in total. The molecule has 0 saturated heterocycles. The quantitative estimate of drug-likeness (QED) is 0.814. The van der Waals surface area contributed by atoms with Gasteiger partial charge in [-0.05, 0) is 6.42 Å². The summed E-state index contributed by atoms with van der Waals surface area (Å²) in [5.41, 5.74) is 0.906. The maximum atomic E-state index is 9.80. The second kappa shape index (κ2) is 5.41. The molecule has 14 heavy (non-hydrogen) atoms. The van der Waals surface area contributed by atoms with Crippen molar-refractivity contribution in [2.75, 3.05) is 5.75 Å². The predicted molar refractivity (Wildman–Crippen MR) is 60.4 cm³/mol. The van der Waals surface area contributed by atoms with E-state index >= 15 is 0 Å². The van der Waals surface area contributed by atoms with Gasteiger partial charge < -0.3 is 5.11 Å². The Hall–Kier alpha value is -0.480. The number of rotatable bonds is 5. The van der Waals surface area contributed by atoms with Crippen molar-refractivity contribution in [1.82, 2.24) is 9.78 Å². The number of aliphatic hydroxyl groups excluding tert-OH is 1. The zero-order chi connectivity index (χ0) is 10.6. The number of hydrogen-bond donors (Lipinski definition) is 1. The molecule has 0 aromatic carbocycles. The van der Waals surface area contributed by atoms with Gasteiger partial charge in [-0.25, -0.2) is 0 Å². The number of thioether (sulfide) groups is 1. The summed E-state index contributed by atoms with van der Waals surface area (Å²) in [5.74, 6) is 0.751. The summed E-state index contributed by atoms with van der Waals surface area (Å²) in [4.78, 5) is 0. The van der Waals surface area contributed by atoms with Crippen LogP contribution in [0.1, 0.15) is 31.9 Å². The second-order valence-corrected chi connectivity index (χ2v) is 4.99. The lowest BCUT2D eigenvalue weighted by atomic mass is 10.2. The van der Waals surface area contributed by atoms with Gasteiger partial charge in [0.15, 0.2) is 0 Å². The van der Waals surface area contributed by atoms with E-state index in [1.807, 2.05) is 13.2 Å². The highest BCUT2D eigenvalue weighted by Gasteiger charge is 2.10. The molecule has 2 atom stereocenters. The van der Waals surface area contributed by atoms with Crippen LogP contribution < -0.4 is 0 Å². The van der Waals surface area contributed by atoms with Crippen LogP contribution in [0, 0.1) is 0 Å². The molecule has 1 rings (SSSR count). The Morgan fingerprint density at radius 2 is 2.36 bits per heavy atom. The monoisotopic (exact) mass is 214 g/mol. The normalized spacial score (nSPS) is 15.4. The Kier molecular flexibility index (Phi) is 4.48. The first-order valence-electron chi connectivity index (χ1n) is 4.91. The molecule has 0 aliphatic carbocycles. The molecule has 0 saturated carbocycles. The first-order chi connectivity index (χ1) is 6.63. The highest BCUT2D eigenvalue weighted by Crippen LogP contribution is 2.21. The van der Waals surface area contributed by atoms with Crippen LogP contribution >= 0.6 is 11.8 Å². The van der Waals surface area contributed by atoms with Gasteiger partial charge in [-0.15, -0.1) is 0 Å². The number of aryl methyl sites for hydroxylation is 1. The largest absolute Gasteiger partial charge is 0.387 e. The van der Waals surface area contributed by atoms with E-state index in [1.54, 1.807) is 22.6 Å². The lowest BCUT2D eigenvalue weighted by molar-refractivity contribution is 0.204. The Morgan fingerprint density at radius 1 is 1.64 bits per heavy atom. The molecule has 0 aliphatic rings. The minimum absolute atomic E-state index is 0.386. The zero-order valence-corrected chi connectivity index (χ0v) is 9.79. The van der Waals surface area contributed by atoms with E-state index in [9.17, 15) is 5.11 Å². The van der Waals surface area contributed by atoms with Gasteiger partial charge in [0, 0.05) is 29.8 Å². The zero-order valence-electron chi connectivity index (χ0n) is 8.97. The molecule has 0 amide bonds. The molecule has 80 valence electrons. The van der Waals surface area contributed by atoms with Gasteiger partial charge in [0.05, 0.1) is 12.3 Å². The molecule has 3 nitrogen and oxygen atoms in total. The molecule has 1 aromatic rings. The van der Waals surface area contributed by atoms with Crippen LogP contribution in [0.15, 0.2) is 12.4 Å². The van der Waals surface area contributed by atoms with Crippen LogP contribution in [0.2, 0.25) is 0 Å². The van der Waals surface area contributed by atoms with Crippen LogP contribution in [0.3, 0.4) is 0 Å². The second-order valence-electron chi connectivity index (χ2n) is 3.52. The Labute approximate surface area is 89.5 Å². The van der Waals surface area contributed by atoms with Gasteiger partial charge in [-0.3, -0.25) is 4.68 Å². The van der Waals surface area contributed by atoms with E-state index in [4.69, 9.17) is 0 Å². The van der Waals surface area contributed by atoms with Gasteiger partial charge in [-0.2, -0.15) is 16.9 Å². The molecule has 4 heteroatoms. The summed E-state index contributed by atoms with van der Waals surface area (Å²) < 4.78 is 1.71. The lowest BCUT2D eigenvalue weighted by Gasteiger charge is -2.11. The van der Waals surface area contributed by atoms with Crippen molar-refractivity contribution < 1.29 is 5.11 Å². The molecular weight excluding hydrogens is 196 g/mol. The van der Waals surface area contributed by atoms with Crippen molar-refractivity contribution in [3.63, 3.8) is 0 Å². The third kappa shape index (κ3) is 3.35. The van der Waals surface area contributed by atoms with Crippen molar-refractivity contribution in [3.8, 4) is 0 Å². The van der Waals surface area contributed by atoms with Crippen molar-refractivity contribution in [2.24, 2.45) is 7.05 Å². The third-order valence-electron chi connectivity index (χ3n) is 2.22. The maximum Gasteiger partial charge on any atom is 0.0910 e. The molecule has 1 aromatic heterocycles. The minimum Gasteiger partial charge on any atom is -0.387 e. The summed E-state index contributed by atoms with van der Waals surface area (Å²) >= 11 is 1.80. The first-order valence-corrected chi connectivity index (χ1v) is 5.96. The number of nitrogens with zero attached hydrogens (tertiary/aromatic N) is 2. The molecule has 0 radical (unpaired) electrons. The molecule has 0 fully saturated rings. The first kappa shape index (κ1) is 11.6. The van der Waals surface area contributed by atoms with Crippen LogP contribution in [0.25, 0.3) is 0 Å². The molecule has 0 bridgehead atoms. The average molecular weight is 214 g/mol. The van der Waals surface area contributed by atoms with E-state index in [2.05, 4.69) is 18.9 Å². The smallest absolute Gasteiger partial charge is 0.0910 e. The highest BCUT2D eigenvalue weighted by atomic mass is 32.2. The summed E-state index contributed by atoms with van der Waals surface area (Å²) in [6, 6.07) is 0. The van der Waals surface area contributed by atoms with Crippen LogP contribution in [-0.2, 0) is 7.05 Å². The maximum absolute atomic E-state index is 9.80. The lowest BCUT2D eigenvalue weighted by Crippen LogP contribution is -2.03. The number of hydrogen-bond acceptors (Lipinski definition) is 3. The van der Waals surface area contributed by atoms with Crippen LogP contribution in [0.5, 0.6) is 0 Å². The van der Waals surface area contributed by atoms with Crippen molar-refractivity contribution >= 4 is 11.8 Å². The van der Waals surface area contributed by atoms with Gasteiger partial charge in [0.25, 0.3) is 0 Å². The highest BCUT2D eigenvalue weighted by molar-refractivity contribution is 7.99. The van der Waals surface area contributed by atoms with Crippen LogP contribution in [-0.4, -0.2) is 25.9 Å². The summed E-state index contributed by atoms with van der Waals surface area (Å²) in [6.45, 7) is 4.34. The Morgan fingerprint density at radius 3 is 2.86 bits per heavy atom. The molecule has 1 heterocycles. The third-order valence-corrected chi connectivity index (χ3v) is 3.63. The number of aliphatic hydroxyl groups is 1. The Bertz CT molecular complexity index is 275. The van der Waals surface area contributed by atoms with Gasteiger partial charge in [0.1, 0.15) is 0 Å². The molecular formula is C10H18N2OS. The summed E-state index contributed by atoms with van der Waals surface area (Å²) in [6.07, 6.45) is 4.34. The standard InChI is InChI=1S/C10H18N2OS/c1-4-8(2)14-7-10(13)9-5-11-12(3)6-9/h5-6,8,10,13H,4,7H2,1-3H3. The van der Waals surface area contributed by atoms with E-state index < -0.39 is 0 Å². The minimum atomic E-state index is -0.386. The predicted octanol–water partition coefficient (Wildman–Crippen LogP) is 1.99. The Balaban J connectivity index is 2.39. The van der Waals surface area contributed by atoms with E-state index in [0.717, 1.165) is 17.7 Å². The fourth-order valence-electron chi connectivity index (χ4n) is 1.08. The fourth-order valence-corrected chi connectivity index (χ4v) is 2.02. The average Bonchev–Trinajstić information content (AvgIpc) is 2.60. The van der Waals surface area contributed by atoms with Crippen molar-refractivity contribution in [3.05, 3.63) is 18.0 Å². The van der Waals surface area contributed by atoms with E-state index in [-0.39, 0.29) is 6.10 Å². The summed E-state index contributed by atoms with van der Waals surface area (Å²) in [5, 5.41) is 14.4. The molecule has 0 aliphatic heterocycles. The van der Waals surface area contributed by atoms with Gasteiger partial charge in [0.2, 0.25) is 0 Å². The van der Waals surface area contributed by atoms with E-state index in [0.29, 0.717) is 5.25 Å². The SMILES string of the molecule is CCC(C)SCC(O)c1cnn(C)c1. The van der Waals surface area contributed by atoms with Crippen molar-refractivity contribution in [2.45, 2.75) is 31.6 Å². The summed E-state index contributed by atoms with van der Waals surface area (Å²) in [7, 11) is 1.86. The number of aromatic nitrogens is 2. The molecule has 0 spiro atoms. The van der Waals surface area contributed by atoms with E-state index in [1.165, 1.54) is 0 Å².